The number of esters is 1. The van der Waals surface area contributed by atoms with Crippen molar-refractivity contribution in [2.24, 2.45) is 0 Å². The molecule has 1 amide bonds. The standard InChI is InChI=1S/C16H19NO4/c1-3-5-6-11-16(19)21-12-15(18)17-13-9-7-8-10-14(13)20-4-2/h3,5-11H,4,12H2,1-2H3,(H,17,18)/b5-3+,11-6+. The molecule has 0 saturated carbocycles. The monoisotopic (exact) mass is 289 g/mol. The zero-order valence-corrected chi connectivity index (χ0v) is 12.2. The minimum atomic E-state index is -0.568. The molecule has 0 aliphatic rings. The van der Waals surface area contributed by atoms with Crippen molar-refractivity contribution in [3.8, 4) is 5.75 Å². The van der Waals surface area contributed by atoms with Gasteiger partial charge in [-0.05, 0) is 26.0 Å². The highest BCUT2D eigenvalue weighted by Crippen LogP contribution is 2.23. The fourth-order valence-corrected chi connectivity index (χ4v) is 1.47. The van der Waals surface area contributed by atoms with Crippen LogP contribution in [0.2, 0.25) is 0 Å². The van der Waals surface area contributed by atoms with Gasteiger partial charge in [-0.1, -0.05) is 30.4 Å². The van der Waals surface area contributed by atoms with Gasteiger partial charge in [0.15, 0.2) is 6.61 Å². The highest BCUT2D eigenvalue weighted by atomic mass is 16.5. The van der Waals surface area contributed by atoms with Gasteiger partial charge in [0.25, 0.3) is 5.91 Å². The van der Waals surface area contributed by atoms with E-state index in [4.69, 9.17) is 9.47 Å². The minimum absolute atomic E-state index is 0.348. The number of ether oxygens (including phenoxy) is 2. The Morgan fingerprint density at radius 1 is 1.24 bits per heavy atom. The summed E-state index contributed by atoms with van der Waals surface area (Å²) < 4.78 is 10.2. The van der Waals surface area contributed by atoms with Crippen LogP contribution in [0.4, 0.5) is 5.69 Å². The van der Waals surface area contributed by atoms with Gasteiger partial charge in [0.2, 0.25) is 0 Å². The third-order valence-corrected chi connectivity index (χ3v) is 2.34. The van der Waals surface area contributed by atoms with E-state index in [2.05, 4.69) is 5.32 Å². The third kappa shape index (κ3) is 6.42. The van der Waals surface area contributed by atoms with E-state index < -0.39 is 11.9 Å². The fourth-order valence-electron chi connectivity index (χ4n) is 1.47. The number of anilines is 1. The lowest BCUT2D eigenvalue weighted by molar-refractivity contribution is -0.142. The highest BCUT2D eigenvalue weighted by Gasteiger charge is 2.08. The number of carbonyl (C=O) groups excluding carboxylic acids is 2. The molecule has 1 aromatic rings. The van der Waals surface area contributed by atoms with Crippen molar-refractivity contribution in [1.29, 1.82) is 0 Å². The first-order chi connectivity index (χ1) is 10.2. The molecule has 0 aliphatic heterocycles. The van der Waals surface area contributed by atoms with E-state index in [9.17, 15) is 9.59 Å². The molecule has 5 nitrogen and oxygen atoms in total. The Morgan fingerprint density at radius 3 is 2.71 bits per heavy atom. The van der Waals surface area contributed by atoms with Crippen LogP contribution in [0, 0.1) is 0 Å². The minimum Gasteiger partial charge on any atom is -0.492 e. The van der Waals surface area contributed by atoms with Crippen molar-refractivity contribution in [2.75, 3.05) is 18.5 Å². The summed E-state index contributed by atoms with van der Waals surface area (Å²) in [6.07, 6.45) is 6.27. The lowest BCUT2D eigenvalue weighted by Crippen LogP contribution is -2.20. The molecule has 0 unspecified atom stereocenters. The Balaban J connectivity index is 2.49. The van der Waals surface area contributed by atoms with Crippen LogP contribution in [-0.2, 0) is 14.3 Å². The van der Waals surface area contributed by atoms with E-state index in [1.807, 2.05) is 19.9 Å². The Bertz CT molecular complexity index is 535. The number of para-hydroxylation sites is 2. The van der Waals surface area contributed by atoms with Crippen LogP contribution >= 0.6 is 0 Å². The van der Waals surface area contributed by atoms with Crippen molar-refractivity contribution in [3.05, 3.63) is 48.6 Å². The zero-order valence-electron chi connectivity index (χ0n) is 12.2. The molecular formula is C16H19NO4. The lowest BCUT2D eigenvalue weighted by atomic mass is 10.3. The molecule has 0 aliphatic carbocycles. The summed E-state index contributed by atoms with van der Waals surface area (Å²) >= 11 is 0. The average Bonchev–Trinajstić information content (AvgIpc) is 2.48. The SMILES string of the molecule is C/C=C/C=C/C(=O)OCC(=O)Nc1ccccc1OCC. The number of rotatable bonds is 7. The number of carbonyl (C=O) groups is 2. The number of benzene rings is 1. The normalized spacial score (nSPS) is 10.8. The lowest BCUT2D eigenvalue weighted by Gasteiger charge is -2.11. The van der Waals surface area contributed by atoms with Crippen LogP contribution in [0.1, 0.15) is 13.8 Å². The van der Waals surface area contributed by atoms with Gasteiger partial charge in [0, 0.05) is 6.08 Å². The number of hydrogen-bond acceptors (Lipinski definition) is 4. The van der Waals surface area contributed by atoms with Crippen LogP contribution in [-0.4, -0.2) is 25.1 Å². The van der Waals surface area contributed by atoms with Crippen molar-refractivity contribution in [2.45, 2.75) is 13.8 Å². The highest BCUT2D eigenvalue weighted by molar-refractivity contribution is 5.94. The molecule has 0 heterocycles. The second kappa shape index (κ2) is 9.36. The summed E-state index contributed by atoms with van der Waals surface area (Å²) in [4.78, 5) is 23.0. The molecule has 112 valence electrons. The van der Waals surface area contributed by atoms with Crippen LogP contribution < -0.4 is 10.1 Å². The molecule has 0 atom stereocenters. The molecule has 1 rings (SSSR count). The maximum absolute atomic E-state index is 11.7. The summed E-state index contributed by atoms with van der Waals surface area (Å²) in [5.74, 6) is -0.413. The van der Waals surface area contributed by atoms with E-state index in [1.54, 1.807) is 36.4 Å². The van der Waals surface area contributed by atoms with E-state index in [1.165, 1.54) is 6.08 Å². The van der Waals surface area contributed by atoms with Gasteiger partial charge in [-0.25, -0.2) is 4.79 Å². The number of amides is 1. The Kier molecular flexibility index (Phi) is 7.35. The first-order valence-corrected chi connectivity index (χ1v) is 6.65. The molecule has 0 aromatic heterocycles. The third-order valence-electron chi connectivity index (χ3n) is 2.34. The molecular weight excluding hydrogens is 270 g/mol. The maximum Gasteiger partial charge on any atom is 0.331 e. The molecule has 0 bridgehead atoms. The molecule has 21 heavy (non-hydrogen) atoms. The molecule has 0 fully saturated rings. The van der Waals surface area contributed by atoms with Gasteiger partial charge in [0.05, 0.1) is 12.3 Å². The fraction of sp³-hybridized carbons (Fsp3) is 0.250. The molecule has 0 saturated heterocycles. The summed E-state index contributed by atoms with van der Waals surface area (Å²) in [6.45, 7) is 3.84. The predicted octanol–water partition coefficient (Wildman–Crippen LogP) is 2.70. The topological polar surface area (TPSA) is 64.6 Å². The first kappa shape index (κ1) is 16.5. The van der Waals surface area contributed by atoms with Crippen LogP contribution in [0.5, 0.6) is 5.75 Å². The largest absolute Gasteiger partial charge is 0.492 e. The van der Waals surface area contributed by atoms with Crippen molar-refractivity contribution in [3.63, 3.8) is 0 Å². The average molecular weight is 289 g/mol. The van der Waals surface area contributed by atoms with Gasteiger partial charge < -0.3 is 14.8 Å². The van der Waals surface area contributed by atoms with Crippen LogP contribution in [0.3, 0.4) is 0 Å². The number of allylic oxidation sites excluding steroid dienone is 3. The number of nitrogens with one attached hydrogen (secondary N) is 1. The quantitative estimate of drug-likeness (QED) is 0.476. The van der Waals surface area contributed by atoms with Gasteiger partial charge in [-0.2, -0.15) is 0 Å². The van der Waals surface area contributed by atoms with Gasteiger partial charge in [0.1, 0.15) is 5.75 Å². The summed E-state index contributed by atoms with van der Waals surface area (Å²) in [5, 5.41) is 2.64. The van der Waals surface area contributed by atoms with Crippen LogP contribution in [0.15, 0.2) is 48.6 Å². The molecule has 5 heteroatoms. The van der Waals surface area contributed by atoms with E-state index >= 15 is 0 Å². The predicted molar refractivity (Wildman–Crippen MR) is 81.2 cm³/mol. The van der Waals surface area contributed by atoms with Gasteiger partial charge in [-0.3, -0.25) is 4.79 Å². The van der Waals surface area contributed by atoms with E-state index in [0.717, 1.165) is 0 Å². The smallest absolute Gasteiger partial charge is 0.331 e. The van der Waals surface area contributed by atoms with Crippen molar-refractivity contribution in [1.82, 2.24) is 0 Å². The van der Waals surface area contributed by atoms with Crippen molar-refractivity contribution < 1.29 is 19.1 Å². The van der Waals surface area contributed by atoms with Crippen LogP contribution in [0.25, 0.3) is 0 Å². The number of hydrogen-bond donors (Lipinski definition) is 1. The van der Waals surface area contributed by atoms with E-state index in [0.29, 0.717) is 18.0 Å². The summed E-state index contributed by atoms with van der Waals surface area (Å²) in [5.41, 5.74) is 0.546. The first-order valence-electron chi connectivity index (χ1n) is 6.65. The summed E-state index contributed by atoms with van der Waals surface area (Å²) in [7, 11) is 0. The molecule has 0 spiro atoms. The second-order valence-corrected chi connectivity index (χ2v) is 3.97. The zero-order chi connectivity index (χ0) is 15.5. The van der Waals surface area contributed by atoms with Crippen molar-refractivity contribution >= 4 is 17.6 Å². The molecule has 0 radical (unpaired) electrons. The molecule has 1 N–H and O–H groups in total. The second-order valence-electron chi connectivity index (χ2n) is 3.97. The maximum atomic E-state index is 11.7. The Hall–Kier alpha value is -2.56. The molecule has 1 aromatic carbocycles. The Morgan fingerprint density at radius 2 is 2.00 bits per heavy atom. The van der Waals surface area contributed by atoms with E-state index in [-0.39, 0.29) is 6.61 Å². The van der Waals surface area contributed by atoms with Gasteiger partial charge in [-0.15, -0.1) is 0 Å². The van der Waals surface area contributed by atoms with Gasteiger partial charge >= 0.3 is 5.97 Å². The Labute approximate surface area is 124 Å². The summed E-state index contributed by atoms with van der Waals surface area (Å²) in [6, 6.07) is 7.07.